The van der Waals surface area contributed by atoms with Crippen LogP contribution in [0, 0.1) is 0 Å². The van der Waals surface area contributed by atoms with Crippen LogP contribution in [0.3, 0.4) is 0 Å². The van der Waals surface area contributed by atoms with E-state index in [-0.39, 0.29) is 0 Å². The molecule has 0 spiro atoms. The number of H-pyrrole nitrogens is 1. The molecule has 0 saturated carbocycles. The van der Waals surface area contributed by atoms with Crippen molar-refractivity contribution in [2.45, 2.75) is 10.1 Å². The van der Waals surface area contributed by atoms with E-state index >= 15 is 0 Å². The van der Waals surface area contributed by atoms with Crippen LogP contribution in [0.5, 0.6) is 0 Å². The predicted molar refractivity (Wildman–Crippen MR) is 123 cm³/mol. The van der Waals surface area contributed by atoms with Gasteiger partial charge in [-0.05, 0) is 49.4 Å². The lowest BCUT2D eigenvalue weighted by molar-refractivity contribution is 0.425. The van der Waals surface area contributed by atoms with Crippen LogP contribution < -0.4 is 10.6 Å². The molecule has 3 N–H and O–H groups in total. The molecule has 0 aliphatic rings. The van der Waals surface area contributed by atoms with E-state index in [0.29, 0.717) is 22.9 Å². The first-order valence-corrected chi connectivity index (χ1v) is 11.1. The van der Waals surface area contributed by atoms with Crippen molar-refractivity contribution in [1.82, 2.24) is 30.0 Å². The fourth-order valence-electron chi connectivity index (χ4n) is 2.58. The Hall–Kier alpha value is -2.95. The van der Waals surface area contributed by atoms with Gasteiger partial charge >= 0.3 is 0 Å². The summed E-state index contributed by atoms with van der Waals surface area (Å²) in [4.78, 5) is 17.9. The monoisotopic (exact) mass is 438 g/mol. The van der Waals surface area contributed by atoms with Gasteiger partial charge in [0.05, 0.1) is 10.6 Å². The highest BCUT2D eigenvalue weighted by atomic mass is 32.2. The Bertz CT molecular complexity index is 1060. The van der Waals surface area contributed by atoms with Crippen LogP contribution in [0.4, 0.5) is 17.7 Å². The van der Waals surface area contributed by atoms with Crippen LogP contribution in [-0.4, -0.2) is 57.2 Å². The molecule has 1 aromatic carbocycles. The van der Waals surface area contributed by atoms with Crippen molar-refractivity contribution in [1.29, 1.82) is 0 Å². The van der Waals surface area contributed by atoms with Gasteiger partial charge in [-0.3, -0.25) is 5.10 Å². The van der Waals surface area contributed by atoms with Gasteiger partial charge in [-0.2, -0.15) is 20.1 Å². The Kier molecular flexibility index (Phi) is 6.57. The number of aromatic nitrogens is 5. The van der Waals surface area contributed by atoms with Gasteiger partial charge in [-0.25, -0.2) is 0 Å². The van der Waals surface area contributed by atoms with Crippen molar-refractivity contribution < 1.29 is 0 Å². The lowest BCUT2D eigenvalue weighted by atomic mass is 10.3. The van der Waals surface area contributed by atoms with Crippen LogP contribution in [0.25, 0.3) is 10.6 Å². The third kappa shape index (κ3) is 5.56. The second kappa shape index (κ2) is 9.70. The van der Waals surface area contributed by atoms with E-state index in [2.05, 4.69) is 40.7 Å². The van der Waals surface area contributed by atoms with Gasteiger partial charge < -0.3 is 15.5 Å². The second-order valence-corrected chi connectivity index (χ2v) is 8.67. The quantitative estimate of drug-likeness (QED) is 0.358. The number of thiophene rings is 1. The number of hydrogen-bond acceptors (Lipinski definition) is 9. The number of nitrogens with one attached hydrogen (secondary N) is 3. The molecule has 3 heterocycles. The van der Waals surface area contributed by atoms with Crippen molar-refractivity contribution in [3.8, 4) is 10.6 Å². The molecule has 0 amide bonds. The molecule has 0 aliphatic carbocycles. The highest BCUT2D eigenvalue weighted by Crippen LogP contribution is 2.28. The SMILES string of the molecule is CN(C)CCNc1nc(Nc2cc(-c3cccs3)[nH]n2)nc(Sc2ccccc2)n1. The predicted octanol–water partition coefficient (Wildman–Crippen LogP) is 4.19. The minimum atomic E-state index is 0.444. The van der Waals surface area contributed by atoms with E-state index in [4.69, 9.17) is 0 Å². The number of anilines is 3. The molecule has 0 bridgehead atoms. The van der Waals surface area contributed by atoms with Crippen molar-refractivity contribution in [3.05, 3.63) is 53.9 Å². The van der Waals surface area contributed by atoms with E-state index in [1.54, 1.807) is 11.3 Å². The maximum absolute atomic E-state index is 4.57. The van der Waals surface area contributed by atoms with Gasteiger partial charge in [-0.15, -0.1) is 11.3 Å². The summed E-state index contributed by atoms with van der Waals surface area (Å²) in [6, 6.07) is 16.0. The standard InChI is InChI=1S/C20H22N8S2/c1-28(2)11-10-21-18-23-19(25-20(24-18)30-14-7-4-3-5-8-14)22-17-13-15(26-27-17)16-9-6-12-29-16/h3-9,12-13H,10-11H2,1-2H3,(H3,21,22,23,24,25,26,27). The second-order valence-electron chi connectivity index (χ2n) is 6.68. The lowest BCUT2D eigenvalue weighted by Crippen LogP contribution is -2.21. The molecule has 30 heavy (non-hydrogen) atoms. The Morgan fingerprint density at radius 1 is 1.03 bits per heavy atom. The summed E-state index contributed by atoms with van der Waals surface area (Å²) in [5, 5.41) is 16.5. The van der Waals surface area contributed by atoms with E-state index in [1.807, 2.05) is 68.0 Å². The first-order valence-electron chi connectivity index (χ1n) is 9.39. The number of nitrogens with zero attached hydrogens (tertiary/aromatic N) is 5. The highest BCUT2D eigenvalue weighted by molar-refractivity contribution is 7.99. The summed E-state index contributed by atoms with van der Waals surface area (Å²) in [5.41, 5.74) is 0.949. The average molecular weight is 439 g/mol. The number of aromatic amines is 1. The highest BCUT2D eigenvalue weighted by Gasteiger charge is 2.11. The normalized spacial score (nSPS) is 11.0. The number of rotatable bonds is 9. The molecule has 0 saturated heterocycles. The van der Waals surface area contributed by atoms with Gasteiger partial charge in [0, 0.05) is 24.1 Å². The first kappa shape index (κ1) is 20.3. The van der Waals surface area contributed by atoms with Crippen LogP contribution in [0.15, 0.2) is 64.0 Å². The molecule has 3 aromatic heterocycles. The van der Waals surface area contributed by atoms with Crippen molar-refractivity contribution >= 4 is 40.8 Å². The summed E-state index contributed by atoms with van der Waals surface area (Å²) >= 11 is 3.15. The van der Waals surface area contributed by atoms with Gasteiger partial charge in [0.1, 0.15) is 0 Å². The maximum atomic E-state index is 4.57. The number of benzene rings is 1. The fourth-order valence-corrected chi connectivity index (χ4v) is 4.04. The smallest absolute Gasteiger partial charge is 0.234 e. The van der Waals surface area contributed by atoms with Crippen molar-refractivity contribution in [3.63, 3.8) is 0 Å². The van der Waals surface area contributed by atoms with Crippen LogP contribution in [0.2, 0.25) is 0 Å². The molecule has 10 heteroatoms. The molecule has 0 aliphatic heterocycles. The third-order valence-corrected chi connectivity index (χ3v) is 5.79. The van der Waals surface area contributed by atoms with Crippen molar-refractivity contribution in [2.75, 3.05) is 37.8 Å². The molecule has 0 atom stereocenters. The maximum Gasteiger partial charge on any atom is 0.234 e. The first-order chi connectivity index (χ1) is 14.7. The average Bonchev–Trinajstić information content (AvgIpc) is 3.40. The third-order valence-electron chi connectivity index (χ3n) is 4.01. The Morgan fingerprint density at radius 2 is 1.87 bits per heavy atom. The molecule has 8 nitrogen and oxygen atoms in total. The van der Waals surface area contributed by atoms with Crippen LogP contribution in [0.1, 0.15) is 0 Å². The molecular weight excluding hydrogens is 416 g/mol. The van der Waals surface area contributed by atoms with Crippen molar-refractivity contribution in [2.24, 2.45) is 0 Å². The lowest BCUT2D eigenvalue weighted by Gasteiger charge is -2.12. The molecule has 0 fully saturated rings. The molecule has 154 valence electrons. The zero-order valence-corrected chi connectivity index (χ0v) is 18.3. The zero-order valence-electron chi connectivity index (χ0n) is 16.7. The van der Waals surface area contributed by atoms with Gasteiger partial charge in [0.2, 0.25) is 11.9 Å². The summed E-state index contributed by atoms with van der Waals surface area (Å²) in [6.45, 7) is 1.61. The largest absolute Gasteiger partial charge is 0.353 e. The van der Waals surface area contributed by atoms with Crippen LogP contribution in [-0.2, 0) is 0 Å². The van der Waals surface area contributed by atoms with E-state index in [0.717, 1.165) is 28.6 Å². The summed E-state index contributed by atoms with van der Waals surface area (Å²) in [7, 11) is 4.06. The molecule has 4 aromatic rings. The van der Waals surface area contributed by atoms with E-state index in [1.165, 1.54) is 11.8 Å². The summed E-state index contributed by atoms with van der Waals surface area (Å²) < 4.78 is 0. The molecular formula is C20H22N8S2. The van der Waals surface area contributed by atoms with E-state index < -0.39 is 0 Å². The Morgan fingerprint density at radius 3 is 2.63 bits per heavy atom. The minimum absolute atomic E-state index is 0.444. The molecule has 0 radical (unpaired) electrons. The minimum Gasteiger partial charge on any atom is -0.353 e. The topological polar surface area (TPSA) is 94.7 Å². The zero-order chi connectivity index (χ0) is 20.8. The van der Waals surface area contributed by atoms with Crippen LogP contribution >= 0.6 is 23.1 Å². The number of hydrogen-bond donors (Lipinski definition) is 3. The van der Waals surface area contributed by atoms with Gasteiger partial charge in [0.25, 0.3) is 0 Å². The Balaban J connectivity index is 1.55. The number of likely N-dealkylation sites (N-methyl/N-ethyl adjacent to an activating group) is 1. The Labute approximate surface area is 183 Å². The summed E-state index contributed by atoms with van der Waals surface area (Å²) in [6.07, 6.45) is 0. The molecule has 4 rings (SSSR count). The van der Waals surface area contributed by atoms with E-state index in [9.17, 15) is 0 Å². The van der Waals surface area contributed by atoms with Gasteiger partial charge in [0.15, 0.2) is 11.0 Å². The summed E-state index contributed by atoms with van der Waals surface area (Å²) in [5.74, 6) is 1.63. The molecule has 0 unspecified atom stereocenters. The van der Waals surface area contributed by atoms with Gasteiger partial charge in [-0.1, -0.05) is 24.3 Å². The fraction of sp³-hybridized carbons (Fsp3) is 0.200.